The summed E-state index contributed by atoms with van der Waals surface area (Å²) in [5.74, 6) is -1.48. The molecule has 2 rings (SSSR count). The monoisotopic (exact) mass is 197 g/mol. The molecule has 0 amide bonds. The van der Waals surface area contributed by atoms with Crippen LogP contribution in [0.3, 0.4) is 0 Å². The molecule has 0 bridgehead atoms. The Kier molecular flexibility index (Phi) is 1.66. The summed E-state index contributed by atoms with van der Waals surface area (Å²) in [5, 5.41) is 8.70. The second-order valence-corrected chi connectivity index (χ2v) is 2.70. The van der Waals surface area contributed by atoms with Crippen molar-refractivity contribution in [1.82, 2.24) is 14.4 Å². The molecule has 0 fully saturated rings. The normalized spacial score (nSPS) is 10.5. The first-order valence-corrected chi connectivity index (χ1v) is 3.80. The molecule has 0 saturated carbocycles. The molecule has 5 nitrogen and oxygen atoms in total. The first kappa shape index (κ1) is 8.00. The number of carboxylic acids is 1. The van der Waals surface area contributed by atoms with Crippen LogP contribution in [0.15, 0.2) is 18.3 Å². The Hall–Kier alpha value is -1.62. The maximum Gasteiger partial charge on any atom is 0.374 e. The van der Waals surface area contributed by atoms with E-state index in [0.717, 1.165) is 0 Å². The third-order valence-electron chi connectivity index (χ3n) is 1.54. The topological polar surface area (TPSA) is 67.5 Å². The molecular formula is C7H4ClN3O2. The summed E-state index contributed by atoms with van der Waals surface area (Å²) in [5.41, 5.74) is 0.470. The van der Waals surface area contributed by atoms with E-state index in [1.165, 1.54) is 4.40 Å². The van der Waals surface area contributed by atoms with Gasteiger partial charge in [0.05, 0.1) is 0 Å². The molecule has 0 aromatic carbocycles. The molecule has 13 heavy (non-hydrogen) atoms. The summed E-state index contributed by atoms with van der Waals surface area (Å²) < 4.78 is 1.49. The molecule has 0 atom stereocenters. The molecule has 2 heterocycles. The molecule has 2 aromatic rings. The van der Waals surface area contributed by atoms with Gasteiger partial charge < -0.3 is 5.11 Å². The van der Waals surface area contributed by atoms with E-state index in [1.54, 1.807) is 18.3 Å². The molecule has 0 aliphatic heterocycles. The van der Waals surface area contributed by atoms with Gasteiger partial charge in [0.15, 0.2) is 0 Å². The van der Waals surface area contributed by atoms with Crippen molar-refractivity contribution in [2.24, 2.45) is 0 Å². The quantitative estimate of drug-likeness (QED) is 0.743. The largest absolute Gasteiger partial charge is 0.475 e. The maximum absolute atomic E-state index is 10.5. The van der Waals surface area contributed by atoms with Crippen LogP contribution in [0.5, 0.6) is 0 Å². The molecule has 0 saturated heterocycles. The van der Waals surface area contributed by atoms with Crippen molar-refractivity contribution in [3.63, 3.8) is 0 Å². The predicted octanol–water partition coefficient (Wildman–Crippen LogP) is 1.08. The number of carboxylic acid groups (broad SMARTS) is 1. The Bertz CT molecular complexity index is 480. The van der Waals surface area contributed by atoms with Gasteiger partial charge in [0.1, 0.15) is 5.65 Å². The predicted molar refractivity (Wildman–Crippen MR) is 45.0 cm³/mol. The Balaban J connectivity index is 2.77. The van der Waals surface area contributed by atoms with E-state index in [1.807, 2.05) is 0 Å². The van der Waals surface area contributed by atoms with Crippen LogP contribution >= 0.6 is 11.6 Å². The standard InChI is InChI=1S/C7H4ClN3O2/c8-7-10-5(6(12)13)9-4-2-1-3-11(4)7/h1-3H,(H,12,13). The van der Waals surface area contributed by atoms with Gasteiger partial charge >= 0.3 is 5.97 Å². The molecule has 2 aromatic heterocycles. The van der Waals surface area contributed by atoms with Crippen LogP contribution in [-0.4, -0.2) is 25.4 Å². The zero-order valence-corrected chi connectivity index (χ0v) is 7.06. The van der Waals surface area contributed by atoms with Gasteiger partial charge in [-0.1, -0.05) is 0 Å². The molecule has 66 valence electrons. The second kappa shape index (κ2) is 2.70. The van der Waals surface area contributed by atoms with E-state index in [-0.39, 0.29) is 11.1 Å². The molecule has 0 aliphatic carbocycles. The minimum absolute atomic E-state index is 0.0902. The van der Waals surface area contributed by atoms with Crippen molar-refractivity contribution in [3.05, 3.63) is 29.4 Å². The summed E-state index contributed by atoms with van der Waals surface area (Å²) >= 11 is 5.70. The van der Waals surface area contributed by atoms with Crippen molar-refractivity contribution < 1.29 is 9.90 Å². The first-order chi connectivity index (χ1) is 6.18. The number of nitrogens with zero attached hydrogens (tertiary/aromatic N) is 3. The zero-order chi connectivity index (χ0) is 9.42. The highest BCUT2D eigenvalue weighted by Gasteiger charge is 2.10. The average molecular weight is 198 g/mol. The van der Waals surface area contributed by atoms with E-state index >= 15 is 0 Å². The van der Waals surface area contributed by atoms with Crippen molar-refractivity contribution in [2.45, 2.75) is 0 Å². The number of hydrogen-bond donors (Lipinski definition) is 1. The van der Waals surface area contributed by atoms with E-state index in [2.05, 4.69) is 9.97 Å². The lowest BCUT2D eigenvalue weighted by Crippen LogP contribution is -2.06. The molecule has 0 radical (unpaired) electrons. The highest BCUT2D eigenvalue weighted by atomic mass is 35.5. The van der Waals surface area contributed by atoms with Gasteiger partial charge in [0.25, 0.3) is 0 Å². The van der Waals surface area contributed by atoms with Crippen molar-refractivity contribution in [3.8, 4) is 0 Å². The zero-order valence-electron chi connectivity index (χ0n) is 6.31. The van der Waals surface area contributed by atoms with Crippen LogP contribution in [0.1, 0.15) is 10.6 Å². The maximum atomic E-state index is 10.5. The van der Waals surface area contributed by atoms with Gasteiger partial charge in [-0.3, -0.25) is 4.40 Å². The number of aromatic carboxylic acids is 1. The number of halogens is 1. The molecule has 0 unspecified atom stereocenters. The summed E-state index contributed by atoms with van der Waals surface area (Å²) in [7, 11) is 0. The highest BCUT2D eigenvalue weighted by Crippen LogP contribution is 2.09. The van der Waals surface area contributed by atoms with E-state index in [0.29, 0.717) is 5.65 Å². The van der Waals surface area contributed by atoms with Crippen molar-refractivity contribution in [1.29, 1.82) is 0 Å². The second-order valence-electron chi connectivity index (χ2n) is 2.36. The number of fused-ring (bicyclic) bond motifs is 1. The SMILES string of the molecule is O=C(O)c1nc(Cl)n2cccc2n1. The molecular weight excluding hydrogens is 194 g/mol. The van der Waals surface area contributed by atoms with Crippen LogP contribution < -0.4 is 0 Å². The van der Waals surface area contributed by atoms with E-state index in [9.17, 15) is 4.79 Å². The summed E-state index contributed by atoms with van der Waals surface area (Å²) in [4.78, 5) is 17.9. The lowest BCUT2D eigenvalue weighted by molar-refractivity contribution is 0.0683. The van der Waals surface area contributed by atoms with Gasteiger partial charge in [-0.15, -0.1) is 0 Å². The third kappa shape index (κ3) is 1.23. The van der Waals surface area contributed by atoms with Crippen LogP contribution in [0.25, 0.3) is 5.65 Å². The fourth-order valence-electron chi connectivity index (χ4n) is 0.989. The number of aromatic nitrogens is 3. The van der Waals surface area contributed by atoms with Crippen LogP contribution in [0.2, 0.25) is 5.28 Å². The van der Waals surface area contributed by atoms with Gasteiger partial charge in [0.2, 0.25) is 11.1 Å². The smallest absolute Gasteiger partial charge is 0.374 e. The summed E-state index contributed by atoms with van der Waals surface area (Å²) in [6.07, 6.45) is 1.66. The molecule has 0 aliphatic rings. The summed E-state index contributed by atoms with van der Waals surface area (Å²) in [6.45, 7) is 0. The number of hydrogen-bond acceptors (Lipinski definition) is 3. The fraction of sp³-hybridized carbons (Fsp3) is 0. The van der Waals surface area contributed by atoms with Crippen molar-refractivity contribution >= 4 is 23.2 Å². The Morgan fingerprint density at radius 1 is 1.54 bits per heavy atom. The average Bonchev–Trinajstić information content (AvgIpc) is 2.51. The van der Waals surface area contributed by atoms with Gasteiger partial charge in [-0.05, 0) is 23.7 Å². The van der Waals surface area contributed by atoms with Crippen LogP contribution in [0.4, 0.5) is 0 Å². The van der Waals surface area contributed by atoms with Crippen LogP contribution in [-0.2, 0) is 0 Å². The van der Waals surface area contributed by atoms with Gasteiger partial charge in [0, 0.05) is 6.20 Å². The Morgan fingerprint density at radius 3 is 3.00 bits per heavy atom. The van der Waals surface area contributed by atoms with Gasteiger partial charge in [-0.2, -0.15) is 4.98 Å². The first-order valence-electron chi connectivity index (χ1n) is 3.42. The molecule has 0 spiro atoms. The third-order valence-corrected chi connectivity index (χ3v) is 1.80. The summed E-state index contributed by atoms with van der Waals surface area (Å²) in [6, 6.07) is 3.36. The minimum atomic E-state index is -1.19. The fourth-order valence-corrected chi connectivity index (χ4v) is 1.21. The lowest BCUT2D eigenvalue weighted by atomic mass is 10.6. The van der Waals surface area contributed by atoms with E-state index < -0.39 is 5.97 Å². The number of rotatable bonds is 1. The molecule has 6 heteroatoms. The van der Waals surface area contributed by atoms with E-state index in [4.69, 9.17) is 16.7 Å². The highest BCUT2D eigenvalue weighted by molar-refractivity contribution is 6.28. The van der Waals surface area contributed by atoms with Gasteiger partial charge in [-0.25, -0.2) is 9.78 Å². The minimum Gasteiger partial charge on any atom is -0.475 e. The Morgan fingerprint density at radius 2 is 2.31 bits per heavy atom. The molecule has 1 N–H and O–H groups in total. The Labute approximate surface area is 77.6 Å². The van der Waals surface area contributed by atoms with Crippen molar-refractivity contribution in [2.75, 3.05) is 0 Å². The van der Waals surface area contributed by atoms with Crippen LogP contribution in [0, 0.1) is 0 Å². The number of carbonyl (C=O) groups is 1. The lowest BCUT2D eigenvalue weighted by Gasteiger charge is -1.98.